The van der Waals surface area contributed by atoms with Crippen molar-refractivity contribution < 1.29 is 22.3 Å². The van der Waals surface area contributed by atoms with E-state index in [9.17, 15) is 8.42 Å². The highest BCUT2D eigenvalue weighted by Crippen LogP contribution is 2.28. The normalized spacial score (nSPS) is 20.7. The van der Waals surface area contributed by atoms with Gasteiger partial charge in [0.1, 0.15) is 11.8 Å². The second kappa shape index (κ2) is 6.98. The van der Waals surface area contributed by atoms with E-state index in [1.807, 2.05) is 18.2 Å². The summed E-state index contributed by atoms with van der Waals surface area (Å²) in [6.45, 7) is 3.23. The SMILES string of the molecule is Cc1nnc(C2COCCN2S(=O)(=O)CCc2ccc3c(c2)CCO3)o1. The zero-order valence-corrected chi connectivity index (χ0v) is 15.4. The maximum atomic E-state index is 12.9. The Kier molecular flexibility index (Phi) is 4.68. The zero-order chi connectivity index (χ0) is 18.1. The van der Waals surface area contributed by atoms with Crippen LogP contribution in [0.3, 0.4) is 0 Å². The van der Waals surface area contributed by atoms with E-state index in [4.69, 9.17) is 13.9 Å². The molecule has 26 heavy (non-hydrogen) atoms. The van der Waals surface area contributed by atoms with Gasteiger partial charge in [0, 0.05) is 19.9 Å². The van der Waals surface area contributed by atoms with Gasteiger partial charge < -0.3 is 13.9 Å². The van der Waals surface area contributed by atoms with Gasteiger partial charge >= 0.3 is 0 Å². The summed E-state index contributed by atoms with van der Waals surface area (Å²) >= 11 is 0. The number of aryl methyl sites for hydroxylation is 2. The molecule has 9 heteroatoms. The predicted octanol–water partition coefficient (Wildman–Crippen LogP) is 1.26. The highest BCUT2D eigenvalue weighted by atomic mass is 32.2. The van der Waals surface area contributed by atoms with Gasteiger partial charge in [-0.05, 0) is 23.6 Å². The van der Waals surface area contributed by atoms with Gasteiger partial charge in [-0.2, -0.15) is 4.31 Å². The summed E-state index contributed by atoms with van der Waals surface area (Å²) in [6.07, 6.45) is 1.32. The van der Waals surface area contributed by atoms with E-state index < -0.39 is 16.1 Å². The van der Waals surface area contributed by atoms with Crippen LogP contribution in [0.4, 0.5) is 0 Å². The van der Waals surface area contributed by atoms with Crippen molar-refractivity contribution in [3.05, 3.63) is 41.1 Å². The second-order valence-corrected chi connectivity index (χ2v) is 8.51. The van der Waals surface area contributed by atoms with Crippen LogP contribution in [0, 0.1) is 6.92 Å². The van der Waals surface area contributed by atoms with E-state index in [2.05, 4.69) is 10.2 Å². The maximum Gasteiger partial charge on any atom is 0.237 e. The first-order chi connectivity index (χ1) is 12.5. The molecule has 8 nitrogen and oxygen atoms in total. The van der Waals surface area contributed by atoms with Gasteiger partial charge in [0.25, 0.3) is 0 Å². The van der Waals surface area contributed by atoms with Crippen LogP contribution in [0.15, 0.2) is 22.6 Å². The summed E-state index contributed by atoms with van der Waals surface area (Å²) < 4.78 is 43.7. The first kappa shape index (κ1) is 17.4. The Hall–Kier alpha value is -1.97. The van der Waals surface area contributed by atoms with E-state index in [0.717, 1.165) is 23.3 Å². The second-order valence-electron chi connectivity index (χ2n) is 6.47. The highest BCUT2D eigenvalue weighted by molar-refractivity contribution is 7.89. The van der Waals surface area contributed by atoms with Crippen LogP contribution >= 0.6 is 0 Å². The Labute approximate surface area is 152 Å². The van der Waals surface area contributed by atoms with Crippen molar-refractivity contribution in [1.82, 2.24) is 14.5 Å². The van der Waals surface area contributed by atoms with Gasteiger partial charge in [-0.25, -0.2) is 8.42 Å². The molecule has 1 atom stereocenters. The molecular formula is C17H21N3O5S. The quantitative estimate of drug-likeness (QED) is 0.772. The predicted molar refractivity (Wildman–Crippen MR) is 92.4 cm³/mol. The number of ether oxygens (including phenoxy) is 2. The fourth-order valence-corrected chi connectivity index (χ4v) is 4.94. The molecule has 0 amide bonds. The molecule has 2 aliphatic heterocycles. The van der Waals surface area contributed by atoms with Gasteiger partial charge in [-0.3, -0.25) is 0 Å². The Balaban J connectivity index is 1.49. The van der Waals surface area contributed by atoms with Crippen molar-refractivity contribution >= 4 is 10.0 Å². The largest absolute Gasteiger partial charge is 0.493 e. The molecule has 2 aromatic rings. The topological polar surface area (TPSA) is 94.8 Å². The molecule has 0 saturated carbocycles. The van der Waals surface area contributed by atoms with Crippen LogP contribution in [0.1, 0.15) is 29.0 Å². The molecule has 2 aliphatic rings. The smallest absolute Gasteiger partial charge is 0.237 e. The summed E-state index contributed by atoms with van der Waals surface area (Å²) in [5, 5.41) is 7.77. The summed E-state index contributed by atoms with van der Waals surface area (Å²) in [5.74, 6) is 1.61. The number of fused-ring (bicyclic) bond motifs is 1. The minimum Gasteiger partial charge on any atom is -0.493 e. The number of sulfonamides is 1. The Bertz CT molecular complexity index is 896. The van der Waals surface area contributed by atoms with E-state index in [1.165, 1.54) is 4.31 Å². The summed E-state index contributed by atoms with van der Waals surface area (Å²) in [7, 11) is -3.49. The molecule has 1 aromatic carbocycles. The number of aromatic nitrogens is 2. The van der Waals surface area contributed by atoms with E-state index >= 15 is 0 Å². The molecule has 1 saturated heterocycles. The number of hydrogen-bond donors (Lipinski definition) is 0. The highest BCUT2D eigenvalue weighted by Gasteiger charge is 2.36. The summed E-state index contributed by atoms with van der Waals surface area (Å²) in [4.78, 5) is 0. The van der Waals surface area contributed by atoms with Crippen LogP contribution in [0.5, 0.6) is 5.75 Å². The minimum atomic E-state index is -3.49. The lowest BCUT2D eigenvalue weighted by Crippen LogP contribution is -2.44. The number of rotatable bonds is 5. The fourth-order valence-electron chi connectivity index (χ4n) is 3.32. The molecule has 1 unspecified atom stereocenters. The van der Waals surface area contributed by atoms with Crippen molar-refractivity contribution in [2.24, 2.45) is 0 Å². The van der Waals surface area contributed by atoms with Crippen molar-refractivity contribution in [2.45, 2.75) is 25.8 Å². The van der Waals surface area contributed by atoms with Crippen molar-refractivity contribution in [1.29, 1.82) is 0 Å². The Morgan fingerprint density at radius 3 is 2.96 bits per heavy atom. The fraction of sp³-hybridized carbons (Fsp3) is 0.529. The van der Waals surface area contributed by atoms with Crippen molar-refractivity contribution in [3.8, 4) is 5.75 Å². The zero-order valence-electron chi connectivity index (χ0n) is 14.6. The molecule has 0 N–H and O–H groups in total. The Morgan fingerprint density at radius 2 is 2.15 bits per heavy atom. The van der Waals surface area contributed by atoms with Crippen LogP contribution < -0.4 is 4.74 Å². The summed E-state index contributed by atoms with van der Waals surface area (Å²) in [6, 6.07) is 5.32. The number of hydrogen-bond acceptors (Lipinski definition) is 7. The summed E-state index contributed by atoms with van der Waals surface area (Å²) in [5.41, 5.74) is 2.14. The Morgan fingerprint density at radius 1 is 1.27 bits per heavy atom. The average Bonchev–Trinajstić information content (AvgIpc) is 3.28. The number of benzene rings is 1. The molecule has 140 valence electrons. The van der Waals surface area contributed by atoms with Gasteiger partial charge in [0.2, 0.25) is 21.8 Å². The third kappa shape index (κ3) is 3.46. The molecule has 4 rings (SSSR count). The van der Waals surface area contributed by atoms with Gasteiger partial charge in [-0.15, -0.1) is 10.2 Å². The van der Waals surface area contributed by atoms with E-state index in [0.29, 0.717) is 25.5 Å². The monoisotopic (exact) mass is 379 g/mol. The maximum absolute atomic E-state index is 12.9. The molecule has 1 aromatic heterocycles. The van der Waals surface area contributed by atoms with Crippen LogP contribution in [-0.4, -0.2) is 55.0 Å². The van der Waals surface area contributed by atoms with Crippen LogP contribution in [-0.2, 0) is 27.6 Å². The lowest BCUT2D eigenvalue weighted by Gasteiger charge is -2.32. The molecular weight excluding hydrogens is 358 g/mol. The molecule has 0 bridgehead atoms. The molecule has 1 fully saturated rings. The lowest BCUT2D eigenvalue weighted by atomic mass is 10.1. The standard InChI is InChI=1S/C17H21N3O5S/c1-12-18-19-17(25-12)15-11-23-8-6-20(15)26(21,22)9-5-13-2-3-16-14(10-13)4-7-24-16/h2-3,10,15H,4-9,11H2,1H3. The van der Waals surface area contributed by atoms with Crippen molar-refractivity contribution in [2.75, 3.05) is 32.1 Å². The third-order valence-electron chi connectivity index (χ3n) is 4.67. The van der Waals surface area contributed by atoms with E-state index in [1.54, 1.807) is 6.92 Å². The van der Waals surface area contributed by atoms with Crippen LogP contribution in [0.2, 0.25) is 0 Å². The number of nitrogens with zero attached hydrogens (tertiary/aromatic N) is 3. The van der Waals surface area contributed by atoms with Gasteiger partial charge in [0.05, 0.1) is 25.6 Å². The van der Waals surface area contributed by atoms with Gasteiger partial charge in [-0.1, -0.05) is 12.1 Å². The molecule has 0 radical (unpaired) electrons. The third-order valence-corrected chi connectivity index (χ3v) is 6.54. The number of morpholine rings is 1. The first-order valence-corrected chi connectivity index (χ1v) is 10.3. The molecule has 0 spiro atoms. The first-order valence-electron chi connectivity index (χ1n) is 8.65. The van der Waals surface area contributed by atoms with Crippen molar-refractivity contribution in [3.63, 3.8) is 0 Å². The van der Waals surface area contributed by atoms with Gasteiger partial charge in [0.15, 0.2) is 0 Å². The minimum absolute atomic E-state index is 0.0241. The van der Waals surface area contributed by atoms with Crippen LogP contribution in [0.25, 0.3) is 0 Å². The average molecular weight is 379 g/mol. The molecule has 3 heterocycles. The lowest BCUT2D eigenvalue weighted by molar-refractivity contribution is 0.0221. The molecule has 0 aliphatic carbocycles. The van der Waals surface area contributed by atoms with E-state index in [-0.39, 0.29) is 24.8 Å².